The number of hydrogen-bond donors (Lipinski definition) is 1. The Morgan fingerprint density at radius 2 is 1.79 bits per heavy atom. The van der Waals surface area contributed by atoms with Crippen LogP contribution >= 0.6 is 0 Å². The van der Waals surface area contributed by atoms with Crippen LogP contribution in [0, 0.1) is 19.7 Å². The minimum absolute atomic E-state index is 0.204. The fraction of sp³-hybridized carbons (Fsp3) is 0.182. The lowest BCUT2D eigenvalue weighted by Gasteiger charge is -2.10. The number of rotatable bonds is 4. The average Bonchev–Trinajstić information content (AvgIpc) is 3.30. The van der Waals surface area contributed by atoms with Crippen molar-refractivity contribution in [2.24, 2.45) is 5.10 Å². The van der Waals surface area contributed by atoms with E-state index in [2.05, 4.69) is 10.5 Å². The van der Waals surface area contributed by atoms with E-state index in [-0.39, 0.29) is 18.5 Å². The number of fused-ring (bicyclic) bond motifs is 1. The summed E-state index contributed by atoms with van der Waals surface area (Å²) >= 11 is 0. The fourth-order valence-electron chi connectivity index (χ4n) is 3.36. The molecule has 1 amide bonds. The molecule has 0 saturated carbocycles. The van der Waals surface area contributed by atoms with Crippen LogP contribution in [0.5, 0.6) is 11.5 Å². The van der Waals surface area contributed by atoms with E-state index in [1.54, 1.807) is 25.1 Å². The maximum atomic E-state index is 13.2. The summed E-state index contributed by atoms with van der Waals surface area (Å²) in [6, 6.07) is 13.4. The molecule has 148 valence electrons. The van der Waals surface area contributed by atoms with Gasteiger partial charge < -0.3 is 14.0 Å². The van der Waals surface area contributed by atoms with E-state index in [4.69, 9.17) is 9.47 Å². The highest BCUT2D eigenvalue weighted by atomic mass is 19.1. The predicted octanol–water partition coefficient (Wildman–Crippen LogP) is 4.12. The molecule has 0 unspecified atom stereocenters. The first kappa shape index (κ1) is 18.7. The number of ether oxygens (including phenoxy) is 2. The Balaban J connectivity index is 1.55. The summed E-state index contributed by atoms with van der Waals surface area (Å²) in [7, 11) is 0. The number of benzene rings is 2. The smallest absolute Gasteiger partial charge is 0.273 e. The van der Waals surface area contributed by atoms with E-state index >= 15 is 0 Å². The highest BCUT2D eigenvalue weighted by molar-refractivity contribution is 6.01. The molecule has 2 aromatic carbocycles. The molecule has 29 heavy (non-hydrogen) atoms. The van der Waals surface area contributed by atoms with Crippen LogP contribution in [0.1, 0.15) is 34.2 Å². The zero-order chi connectivity index (χ0) is 20.5. The molecule has 1 aliphatic heterocycles. The van der Waals surface area contributed by atoms with Gasteiger partial charge >= 0.3 is 0 Å². The number of halogens is 1. The van der Waals surface area contributed by atoms with E-state index in [9.17, 15) is 9.18 Å². The van der Waals surface area contributed by atoms with E-state index in [0.29, 0.717) is 22.8 Å². The summed E-state index contributed by atoms with van der Waals surface area (Å²) in [6.07, 6.45) is 0. The molecular formula is C22H20FN3O3. The third kappa shape index (κ3) is 3.59. The minimum atomic E-state index is -0.313. The number of nitrogens with one attached hydrogen (secondary N) is 1. The highest BCUT2D eigenvalue weighted by Crippen LogP contribution is 2.32. The Kier molecular flexibility index (Phi) is 4.80. The topological polar surface area (TPSA) is 64.9 Å². The summed E-state index contributed by atoms with van der Waals surface area (Å²) in [6.45, 7) is 5.75. The number of hydrogen-bond acceptors (Lipinski definition) is 4. The third-order valence-corrected chi connectivity index (χ3v) is 4.88. The van der Waals surface area contributed by atoms with E-state index in [1.807, 2.05) is 36.6 Å². The molecule has 2 heterocycles. The Morgan fingerprint density at radius 3 is 2.55 bits per heavy atom. The van der Waals surface area contributed by atoms with Crippen molar-refractivity contribution in [2.75, 3.05) is 6.79 Å². The van der Waals surface area contributed by atoms with Crippen molar-refractivity contribution in [2.45, 2.75) is 20.8 Å². The number of carbonyl (C=O) groups is 1. The molecule has 0 atom stereocenters. The summed E-state index contributed by atoms with van der Waals surface area (Å²) in [4.78, 5) is 12.7. The Morgan fingerprint density at radius 1 is 1.07 bits per heavy atom. The molecule has 0 radical (unpaired) electrons. The number of aromatic nitrogens is 1. The van der Waals surface area contributed by atoms with Gasteiger partial charge in [-0.2, -0.15) is 5.10 Å². The average molecular weight is 393 g/mol. The molecule has 0 saturated heterocycles. The van der Waals surface area contributed by atoms with Gasteiger partial charge in [-0.05, 0) is 69.3 Å². The highest BCUT2D eigenvalue weighted by Gasteiger charge is 2.17. The zero-order valence-corrected chi connectivity index (χ0v) is 16.3. The first-order valence-electron chi connectivity index (χ1n) is 9.13. The van der Waals surface area contributed by atoms with Crippen molar-refractivity contribution in [3.63, 3.8) is 0 Å². The van der Waals surface area contributed by atoms with Crippen LogP contribution in [0.3, 0.4) is 0 Å². The van der Waals surface area contributed by atoms with Crippen LogP contribution < -0.4 is 14.9 Å². The molecule has 0 spiro atoms. The largest absolute Gasteiger partial charge is 0.454 e. The van der Waals surface area contributed by atoms with Crippen LogP contribution in [0.15, 0.2) is 53.6 Å². The molecule has 3 aromatic rings. The fourth-order valence-corrected chi connectivity index (χ4v) is 3.36. The first-order valence-corrected chi connectivity index (χ1v) is 9.13. The third-order valence-electron chi connectivity index (χ3n) is 4.88. The van der Waals surface area contributed by atoms with Crippen molar-refractivity contribution >= 4 is 11.6 Å². The van der Waals surface area contributed by atoms with Gasteiger partial charge in [0.2, 0.25) is 6.79 Å². The number of carbonyl (C=O) groups excluding carboxylic acids is 1. The molecule has 1 aromatic heterocycles. The maximum Gasteiger partial charge on any atom is 0.273 e. The van der Waals surface area contributed by atoms with Gasteiger partial charge in [0.1, 0.15) is 5.82 Å². The zero-order valence-electron chi connectivity index (χ0n) is 16.3. The molecule has 4 rings (SSSR count). The van der Waals surface area contributed by atoms with Crippen molar-refractivity contribution in [3.8, 4) is 17.2 Å². The number of amides is 1. The molecule has 1 aliphatic rings. The molecule has 0 fully saturated rings. The van der Waals surface area contributed by atoms with Gasteiger partial charge in [0.05, 0.1) is 11.3 Å². The van der Waals surface area contributed by atoms with Crippen LogP contribution in [0.2, 0.25) is 0 Å². The van der Waals surface area contributed by atoms with Gasteiger partial charge in [-0.3, -0.25) is 4.79 Å². The summed E-state index contributed by atoms with van der Waals surface area (Å²) in [5.41, 5.74) is 7.00. The van der Waals surface area contributed by atoms with Gasteiger partial charge in [0, 0.05) is 22.6 Å². The SMILES string of the molecule is C/C(=N/NC(=O)c1cc(C)n(-c2ccc(F)cc2)c1C)c1ccc2c(c1)OCO2. The second-order valence-electron chi connectivity index (χ2n) is 6.80. The van der Waals surface area contributed by atoms with Crippen molar-refractivity contribution < 1.29 is 18.7 Å². The molecule has 0 aliphatic carbocycles. The van der Waals surface area contributed by atoms with Gasteiger partial charge in [-0.15, -0.1) is 0 Å². The van der Waals surface area contributed by atoms with Gasteiger partial charge in [0.25, 0.3) is 5.91 Å². The van der Waals surface area contributed by atoms with Gasteiger partial charge in [-0.1, -0.05) is 0 Å². The number of hydrazone groups is 1. The first-order chi connectivity index (χ1) is 13.9. The number of nitrogens with zero attached hydrogens (tertiary/aromatic N) is 2. The van der Waals surface area contributed by atoms with Crippen LogP contribution in [-0.2, 0) is 0 Å². The summed E-state index contributed by atoms with van der Waals surface area (Å²) in [5, 5.41) is 4.22. The summed E-state index contributed by atoms with van der Waals surface area (Å²) in [5.74, 6) is 0.735. The van der Waals surface area contributed by atoms with Crippen LogP contribution in [0.4, 0.5) is 4.39 Å². The lowest BCUT2D eigenvalue weighted by molar-refractivity contribution is 0.0954. The summed E-state index contributed by atoms with van der Waals surface area (Å²) < 4.78 is 25.8. The Hall–Kier alpha value is -3.61. The molecule has 0 bridgehead atoms. The van der Waals surface area contributed by atoms with Crippen molar-refractivity contribution in [1.82, 2.24) is 9.99 Å². The normalized spacial score (nSPS) is 12.9. The Bertz CT molecular complexity index is 1120. The second-order valence-corrected chi connectivity index (χ2v) is 6.80. The molecular weight excluding hydrogens is 373 g/mol. The number of aryl methyl sites for hydroxylation is 1. The van der Waals surface area contributed by atoms with Crippen molar-refractivity contribution in [1.29, 1.82) is 0 Å². The molecule has 6 nitrogen and oxygen atoms in total. The second kappa shape index (κ2) is 7.43. The lowest BCUT2D eigenvalue weighted by Crippen LogP contribution is -2.20. The molecule has 7 heteroatoms. The van der Waals surface area contributed by atoms with Crippen LogP contribution in [0.25, 0.3) is 5.69 Å². The quantitative estimate of drug-likeness (QED) is 0.536. The minimum Gasteiger partial charge on any atom is -0.454 e. The lowest BCUT2D eigenvalue weighted by atomic mass is 10.1. The maximum absolute atomic E-state index is 13.2. The standard InChI is InChI=1S/C22H20FN3O3/c1-13-10-19(15(3)26(13)18-7-5-17(23)6-8-18)22(27)25-24-14(2)16-4-9-20-21(11-16)29-12-28-20/h4-11H,12H2,1-3H3,(H,25,27)/b24-14-. The van der Waals surface area contributed by atoms with Crippen molar-refractivity contribution in [3.05, 3.63) is 76.9 Å². The monoisotopic (exact) mass is 393 g/mol. The van der Waals surface area contributed by atoms with Crippen LogP contribution in [-0.4, -0.2) is 23.0 Å². The van der Waals surface area contributed by atoms with E-state index in [0.717, 1.165) is 22.6 Å². The predicted molar refractivity (Wildman–Crippen MR) is 107 cm³/mol. The van der Waals surface area contributed by atoms with E-state index in [1.165, 1.54) is 12.1 Å². The Labute approximate surface area is 167 Å². The molecule has 1 N–H and O–H groups in total. The van der Waals surface area contributed by atoms with Gasteiger partial charge in [-0.25, -0.2) is 9.82 Å². The van der Waals surface area contributed by atoms with E-state index < -0.39 is 0 Å². The van der Waals surface area contributed by atoms with Gasteiger partial charge in [0.15, 0.2) is 11.5 Å².